The maximum Gasteiger partial charge on any atom is 0.326 e. The molecule has 1 rings (SSSR count). The van der Waals surface area contributed by atoms with Crippen molar-refractivity contribution < 1.29 is 14.6 Å². The van der Waals surface area contributed by atoms with E-state index in [2.05, 4.69) is 12.2 Å². The van der Waals surface area contributed by atoms with Gasteiger partial charge in [-0.15, -0.1) is 0 Å². The van der Waals surface area contributed by atoms with Gasteiger partial charge in [0, 0.05) is 0 Å². The second kappa shape index (κ2) is 6.36. The standard InChI is InChI=1S/C13H25NO3/c1-4-10-6-5-7-11(8-10)17-9-13(2,14-3)12(15)16/h10-11,14H,4-9H2,1-3H3,(H,15,16). The van der Waals surface area contributed by atoms with Crippen molar-refractivity contribution in [1.82, 2.24) is 5.32 Å². The van der Waals surface area contributed by atoms with Crippen LogP contribution in [0, 0.1) is 5.92 Å². The molecule has 2 N–H and O–H groups in total. The molecule has 0 radical (unpaired) electrons. The van der Waals surface area contributed by atoms with Gasteiger partial charge in [-0.1, -0.05) is 26.2 Å². The Morgan fingerprint density at radius 2 is 2.24 bits per heavy atom. The van der Waals surface area contributed by atoms with Crippen molar-refractivity contribution in [3.05, 3.63) is 0 Å². The average Bonchev–Trinajstić information content (AvgIpc) is 2.36. The van der Waals surface area contributed by atoms with Crippen molar-refractivity contribution in [1.29, 1.82) is 0 Å². The van der Waals surface area contributed by atoms with Crippen LogP contribution in [0.2, 0.25) is 0 Å². The van der Waals surface area contributed by atoms with Gasteiger partial charge in [0.25, 0.3) is 0 Å². The first-order valence-corrected chi connectivity index (χ1v) is 6.55. The number of carbonyl (C=O) groups is 1. The number of aliphatic carboxylic acids is 1. The van der Waals surface area contributed by atoms with E-state index in [-0.39, 0.29) is 12.7 Å². The maximum absolute atomic E-state index is 11.1. The summed E-state index contributed by atoms with van der Waals surface area (Å²) in [5.74, 6) is -0.109. The SMILES string of the molecule is CCC1CCCC(OCC(C)(NC)C(=O)O)C1. The van der Waals surface area contributed by atoms with E-state index in [1.165, 1.54) is 19.3 Å². The second-order valence-electron chi connectivity index (χ2n) is 5.26. The Morgan fingerprint density at radius 3 is 2.76 bits per heavy atom. The summed E-state index contributed by atoms with van der Waals surface area (Å²) in [6.45, 7) is 4.11. The summed E-state index contributed by atoms with van der Waals surface area (Å²) < 4.78 is 5.79. The quantitative estimate of drug-likeness (QED) is 0.749. The van der Waals surface area contributed by atoms with Crippen LogP contribution in [-0.2, 0) is 9.53 Å². The molecular weight excluding hydrogens is 218 g/mol. The summed E-state index contributed by atoms with van der Waals surface area (Å²) in [5, 5.41) is 11.9. The van der Waals surface area contributed by atoms with Gasteiger partial charge in [0.1, 0.15) is 5.54 Å². The second-order valence-corrected chi connectivity index (χ2v) is 5.26. The predicted octanol–water partition coefficient (Wildman–Crippen LogP) is 2.03. The van der Waals surface area contributed by atoms with E-state index in [1.54, 1.807) is 14.0 Å². The minimum Gasteiger partial charge on any atom is -0.480 e. The van der Waals surface area contributed by atoms with Gasteiger partial charge in [0.15, 0.2) is 0 Å². The fourth-order valence-electron chi connectivity index (χ4n) is 2.29. The van der Waals surface area contributed by atoms with E-state index in [4.69, 9.17) is 9.84 Å². The molecule has 4 heteroatoms. The van der Waals surface area contributed by atoms with Gasteiger partial charge in [0.05, 0.1) is 12.7 Å². The Kier molecular flexibility index (Phi) is 5.40. The van der Waals surface area contributed by atoms with Crippen LogP contribution in [-0.4, -0.2) is 36.4 Å². The fourth-order valence-corrected chi connectivity index (χ4v) is 2.29. The first-order valence-electron chi connectivity index (χ1n) is 6.55. The average molecular weight is 243 g/mol. The highest BCUT2D eigenvalue weighted by Gasteiger charge is 2.33. The van der Waals surface area contributed by atoms with Crippen molar-refractivity contribution in [2.45, 2.75) is 57.6 Å². The minimum absolute atomic E-state index is 0.236. The predicted molar refractivity (Wildman–Crippen MR) is 67.1 cm³/mol. The van der Waals surface area contributed by atoms with Gasteiger partial charge >= 0.3 is 5.97 Å². The first kappa shape index (κ1) is 14.5. The first-order chi connectivity index (χ1) is 8.01. The topological polar surface area (TPSA) is 58.6 Å². The van der Waals surface area contributed by atoms with Gasteiger partial charge in [-0.25, -0.2) is 0 Å². The lowest BCUT2D eigenvalue weighted by Gasteiger charge is -2.32. The molecule has 0 aromatic rings. The van der Waals surface area contributed by atoms with E-state index in [9.17, 15) is 4.79 Å². The smallest absolute Gasteiger partial charge is 0.326 e. The van der Waals surface area contributed by atoms with Crippen LogP contribution in [0.3, 0.4) is 0 Å². The van der Waals surface area contributed by atoms with Crippen LogP contribution in [0.4, 0.5) is 0 Å². The van der Waals surface area contributed by atoms with Crippen molar-refractivity contribution >= 4 is 5.97 Å². The Hall–Kier alpha value is -0.610. The van der Waals surface area contributed by atoms with Crippen LogP contribution < -0.4 is 5.32 Å². The molecule has 0 amide bonds. The number of rotatable bonds is 6. The fraction of sp³-hybridized carbons (Fsp3) is 0.923. The third kappa shape index (κ3) is 3.96. The zero-order valence-corrected chi connectivity index (χ0v) is 11.2. The van der Waals surface area contributed by atoms with Gasteiger partial charge in [-0.2, -0.15) is 0 Å². The molecule has 0 saturated heterocycles. The van der Waals surface area contributed by atoms with Crippen molar-refractivity contribution in [2.75, 3.05) is 13.7 Å². The van der Waals surface area contributed by atoms with Crippen molar-refractivity contribution in [2.24, 2.45) is 5.92 Å². The molecule has 0 spiro atoms. The highest BCUT2D eigenvalue weighted by molar-refractivity contribution is 5.78. The van der Waals surface area contributed by atoms with Crippen LogP contribution in [0.15, 0.2) is 0 Å². The molecule has 3 unspecified atom stereocenters. The molecule has 1 aliphatic carbocycles. The third-order valence-electron chi connectivity index (χ3n) is 3.94. The molecule has 0 heterocycles. The van der Waals surface area contributed by atoms with E-state index in [0.29, 0.717) is 0 Å². The van der Waals surface area contributed by atoms with E-state index < -0.39 is 11.5 Å². The molecular formula is C13H25NO3. The minimum atomic E-state index is -0.973. The number of carboxylic acids is 1. The molecule has 3 atom stereocenters. The molecule has 100 valence electrons. The van der Waals surface area contributed by atoms with Gasteiger partial charge in [-0.3, -0.25) is 4.79 Å². The number of likely N-dealkylation sites (N-methyl/N-ethyl adjacent to an activating group) is 1. The van der Waals surface area contributed by atoms with Crippen LogP contribution in [0.5, 0.6) is 0 Å². The van der Waals surface area contributed by atoms with Crippen molar-refractivity contribution in [3.8, 4) is 0 Å². The molecule has 4 nitrogen and oxygen atoms in total. The van der Waals surface area contributed by atoms with E-state index >= 15 is 0 Å². The molecule has 0 aromatic carbocycles. The molecule has 17 heavy (non-hydrogen) atoms. The van der Waals surface area contributed by atoms with Crippen LogP contribution in [0.1, 0.15) is 46.0 Å². The van der Waals surface area contributed by atoms with E-state index in [0.717, 1.165) is 18.8 Å². The summed E-state index contributed by atoms with van der Waals surface area (Å²) in [5.41, 5.74) is -0.973. The largest absolute Gasteiger partial charge is 0.480 e. The summed E-state index contributed by atoms with van der Waals surface area (Å²) in [7, 11) is 1.66. The van der Waals surface area contributed by atoms with Crippen LogP contribution in [0.25, 0.3) is 0 Å². The van der Waals surface area contributed by atoms with Crippen molar-refractivity contribution in [3.63, 3.8) is 0 Å². The van der Waals surface area contributed by atoms with Gasteiger partial charge in [-0.05, 0) is 32.7 Å². The number of hydrogen-bond acceptors (Lipinski definition) is 3. The Balaban J connectivity index is 2.41. The number of hydrogen-bond donors (Lipinski definition) is 2. The summed E-state index contributed by atoms with van der Waals surface area (Å²) in [6.07, 6.45) is 6.07. The number of nitrogens with one attached hydrogen (secondary N) is 1. The third-order valence-corrected chi connectivity index (χ3v) is 3.94. The normalized spacial score (nSPS) is 28.6. The Morgan fingerprint density at radius 1 is 1.53 bits per heavy atom. The van der Waals surface area contributed by atoms with Crippen LogP contribution >= 0.6 is 0 Å². The van der Waals surface area contributed by atoms with Gasteiger partial charge in [0.2, 0.25) is 0 Å². The summed E-state index contributed by atoms with van der Waals surface area (Å²) in [4.78, 5) is 11.1. The zero-order chi connectivity index (χ0) is 12.9. The zero-order valence-electron chi connectivity index (χ0n) is 11.2. The molecule has 0 aliphatic heterocycles. The molecule has 1 saturated carbocycles. The highest BCUT2D eigenvalue weighted by Crippen LogP contribution is 2.28. The van der Waals surface area contributed by atoms with E-state index in [1.807, 2.05) is 0 Å². The number of ether oxygens (including phenoxy) is 1. The lowest BCUT2D eigenvalue weighted by Crippen LogP contribution is -2.52. The van der Waals surface area contributed by atoms with Gasteiger partial charge < -0.3 is 15.2 Å². The monoisotopic (exact) mass is 243 g/mol. The molecule has 0 aromatic heterocycles. The molecule has 1 fully saturated rings. The maximum atomic E-state index is 11.1. The molecule has 1 aliphatic rings. The highest BCUT2D eigenvalue weighted by atomic mass is 16.5. The lowest BCUT2D eigenvalue weighted by atomic mass is 9.85. The molecule has 0 bridgehead atoms. The summed E-state index contributed by atoms with van der Waals surface area (Å²) >= 11 is 0. The Labute approximate surface area is 104 Å². The number of carboxylic acid groups (broad SMARTS) is 1. The Bertz CT molecular complexity index is 257. The summed E-state index contributed by atoms with van der Waals surface area (Å²) in [6, 6.07) is 0. The lowest BCUT2D eigenvalue weighted by molar-refractivity contribution is -0.148.